The molecule has 4 heteroatoms. The maximum atomic E-state index is 11.1. The van der Waals surface area contributed by atoms with Crippen molar-refractivity contribution >= 4 is 5.78 Å². The molecule has 0 aromatic heterocycles. The van der Waals surface area contributed by atoms with Gasteiger partial charge in [-0.15, -0.1) is 0 Å². The van der Waals surface area contributed by atoms with Gasteiger partial charge in [-0.05, 0) is 61.4 Å². The number of rotatable bonds is 12. The van der Waals surface area contributed by atoms with Crippen LogP contribution in [0, 0.1) is 5.92 Å². The third kappa shape index (κ3) is 8.80. The van der Waals surface area contributed by atoms with E-state index in [2.05, 4.69) is 50.4 Å². The summed E-state index contributed by atoms with van der Waals surface area (Å²) in [5, 5.41) is 13.6. The Morgan fingerprint density at radius 2 is 1.62 bits per heavy atom. The number of ketones is 1. The van der Waals surface area contributed by atoms with Gasteiger partial charge < -0.3 is 20.0 Å². The molecule has 29 heavy (non-hydrogen) atoms. The second kappa shape index (κ2) is 11.7. The standard InChI is InChI=1S/C25H35NO3/c1-18(2)15-22-7-11-23(12-8-22)20(4)26-16-24(28)17-29-25-13-9-21(10-14-25)6-5-19(3)27/h7-14,18,20,24,26,28H,5-6,15-17H2,1-4H3/t20-,24+/m1/s1. The predicted octanol–water partition coefficient (Wildman–Crippen LogP) is 4.50. The van der Waals surface area contributed by atoms with E-state index in [1.165, 1.54) is 11.1 Å². The van der Waals surface area contributed by atoms with Crippen LogP contribution in [0.15, 0.2) is 48.5 Å². The Morgan fingerprint density at radius 3 is 2.21 bits per heavy atom. The quantitative estimate of drug-likeness (QED) is 0.554. The number of benzene rings is 2. The van der Waals surface area contributed by atoms with Crippen LogP contribution in [0.2, 0.25) is 0 Å². The number of aliphatic hydroxyl groups is 1. The molecule has 0 aliphatic rings. The Hall–Kier alpha value is -2.17. The summed E-state index contributed by atoms with van der Waals surface area (Å²) in [5.74, 6) is 1.58. The van der Waals surface area contributed by atoms with Crippen molar-refractivity contribution in [3.05, 3.63) is 65.2 Å². The number of ether oxygens (including phenoxy) is 1. The molecule has 0 aliphatic heterocycles. The highest BCUT2D eigenvalue weighted by Crippen LogP contribution is 2.16. The third-order valence-electron chi connectivity index (χ3n) is 4.91. The van der Waals surface area contributed by atoms with Gasteiger partial charge in [-0.25, -0.2) is 0 Å². The minimum atomic E-state index is -0.588. The summed E-state index contributed by atoms with van der Waals surface area (Å²) >= 11 is 0. The summed E-state index contributed by atoms with van der Waals surface area (Å²) in [6.07, 6.45) is 1.81. The van der Waals surface area contributed by atoms with Crippen molar-refractivity contribution in [3.63, 3.8) is 0 Å². The molecule has 0 radical (unpaired) electrons. The highest BCUT2D eigenvalue weighted by atomic mass is 16.5. The van der Waals surface area contributed by atoms with Crippen LogP contribution >= 0.6 is 0 Å². The lowest BCUT2D eigenvalue weighted by Crippen LogP contribution is -2.33. The van der Waals surface area contributed by atoms with Crippen LogP contribution < -0.4 is 10.1 Å². The van der Waals surface area contributed by atoms with E-state index < -0.39 is 6.10 Å². The molecular weight excluding hydrogens is 362 g/mol. The molecule has 0 heterocycles. The van der Waals surface area contributed by atoms with Crippen LogP contribution in [0.5, 0.6) is 5.75 Å². The van der Waals surface area contributed by atoms with Crippen molar-refractivity contribution < 1.29 is 14.6 Å². The molecule has 0 saturated carbocycles. The fraction of sp³-hybridized carbons (Fsp3) is 0.480. The van der Waals surface area contributed by atoms with Gasteiger partial charge in [0.1, 0.15) is 24.2 Å². The number of carbonyl (C=O) groups excluding carboxylic acids is 1. The lowest BCUT2D eigenvalue weighted by Gasteiger charge is -2.18. The SMILES string of the molecule is CC(=O)CCc1ccc(OC[C@@H](O)CN[C@H](C)c2ccc(CC(C)C)cc2)cc1. The predicted molar refractivity (Wildman–Crippen MR) is 118 cm³/mol. The van der Waals surface area contributed by atoms with Gasteiger partial charge in [0.15, 0.2) is 0 Å². The Balaban J connectivity index is 1.72. The van der Waals surface area contributed by atoms with E-state index in [0.29, 0.717) is 18.9 Å². The molecule has 2 N–H and O–H groups in total. The molecule has 0 saturated heterocycles. The van der Waals surface area contributed by atoms with Gasteiger partial charge in [-0.3, -0.25) is 0 Å². The van der Waals surface area contributed by atoms with Crippen molar-refractivity contribution in [3.8, 4) is 5.75 Å². The number of hydrogen-bond donors (Lipinski definition) is 2. The van der Waals surface area contributed by atoms with E-state index in [1.54, 1.807) is 6.92 Å². The highest BCUT2D eigenvalue weighted by Gasteiger charge is 2.10. The molecule has 4 nitrogen and oxygen atoms in total. The average Bonchev–Trinajstić information content (AvgIpc) is 2.69. The highest BCUT2D eigenvalue weighted by molar-refractivity contribution is 5.75. The molecule has 2 atom stereocenters. The zero-order valence-corrected chi connectivity index (χ0v) is 18.2. The average molecular weight is 398 g/mol. The second-order valence-electron chi connectivity index (χ2n) is 8.28. The number of aryl methyl sites for hydroxylation is 1. The van der Waals surface area contributed by atoms with E-state index in [4.69, 9.17) is 4.74 Å². The number of hydrogen-bond acceptors (Lipinski definition) is 4. The van der Waals surface area contributed by atoms with Crippen molar-refractivity contribution in [1.29, 1.82) is 0 Å². The van der Waals surface area contributed by atoms with E-state index in [1.807, 2.05) is 24.3 Å². The molecule has 2 aromatic carbocycles. The van der Waals surface area contributed by atoms with Gasteiger partial charge in [0, 0.05) is 19.0 Å². The van der Waals surface area contributed by atoms with Gasteiger partial charge in [-0.1, -0.05) is 50.2 Å². The number of nitrogens with one attached hydrogen (secondary N) is 1. The lowest BCUT2D eigenvalue weighted by molar-refractivity contribution is -0.116. The summed E-state index contributed by atoms with van der Waals surface area (Å²) in [6, 6.07) is 16.6. The molecule has 2 aromatic rings. The smallest absolute Gasteiger partial charge is 0.130 e. The van der Waals surface area contributed by atoms with E-state index in [9.17, 15) is 9.90 Å². The fourth-order valence-corrected chi connectivity index (χ4v) is 3.17. The first-order valence-electron chi connectivity index (χ1n) is 10.5. The van der Waals surface area contributed by atoms with Gasteiger partial charge in [0.05, 0.1) is 0 Å². The van der Waals surface area contributed by atoms with Gasteiger partial charge in [-0.2, -0.15) is 0 Å². The monoisotopic (exact) mass is 397 g/mol. The van der Waals surface area contributed by atoms with Crippen LogP contribution in [0.3, 0.4) is 0 Å². The van der Waals surface area contributed by atoms with Crippen molar-refractivity contribution in [2.75, 3.05) is 13.2 Å². The van der Waals surface area contributed by atoms with E-state index in [-0.39, 0.29) is 18.4 Å². The number of aliphatic hydroxyl groups excluding tert-OH is 1. The Bertz CT molecular complexity index is 738. The van der Waals surface area contributed by atoms with Crippen LogP contribution in [-0.2, 0) is 17.6 Å². The summed E-state index contributed by atoms with van der Waals surface area (Å²) in [6.45, 7) is 8.86. The third-order valence-corrected chi connectivity index (χ3v) is 4.91. The maximum Gasteiger partial charge on any atom is 0.130 e. The number of carbonyl (C=O) groups is 1. The molecule has 0 fully saturated rings. The molecular formula is C25H35NO3. The Morgan fingerprint density at radius 1 is 1.00 bits per heavy atom. The minimum absolute atomic E-state index is 0.165. The molecule has 0 aliphatic carbocycles. The molecule has 0 unspecified atom stereocenters. The topological polar surface area (TPSA) is 58.6 Å². The summed E-state index contributed by atoms with van der Waals surface area (Å²) in [4.78, 5) is 11.1. The summed E-state index contributed by atoms with van der Waals surface area (Å²) < 4.78 is 5.68. The fourth-order valence-electron chi connectivity index (χ4n) is 3.17. The first-order valence-corrected chi connectivity index (χ1v) is 10.5. The summed E-state index contributed by atoms with van der Waals surface area (Å²) in [7, 11) is 0. The van der Waals surface area contributed by atoms with E-state index in [0.717, 1.165) is 24.2 Å². The number of Topliss-reactive ketones (excluding diaryl/α,β-unsaturated/α-hetero) is 1. The van der Waals surface area contributed by atoms with Gasteiger partial charge in [0.2, 0.25) is 0 Å². The zero-order chi connectivity index (χ0) is 21.2. The molecule has 0 amide bonds. The van der Waals surface area contributed by atoms with Crippen molar-refractivity contribution in [1.82, 2.24) is 5.32 Å². The van der Waals surface area contributed by atoms with Crippen LogP contribution in [0.25, 0.3) is 0 Å². The van der Waals surface area contributed by atoms with Gasteiger partial charge in [0.25, 0.3) is 0 Å². The van der Waals surface area contributed by atoms with Gasteiger partial charge >= 0.3 is 0 Å². The Kier molecular flexibility index (Phi) is 9.36. The molecule has 0 bridgehead atoms. The van der Waals surface area contributed by atoms with Crippen LogP contribution in [0.1, 0.15) is 56.8 Å². The van der Waals surface area contributed by atoms with Crippen molar-refractivity contribution in [2.24, 2.45) is 5.92 Å². The second-order valence-corrected chi connectivity index (χ2v) is 8.28. The van der Waals surface area contributed by atoms with Crippen LogP contribution in [-0.4, -0.2) is 30.1 Å². The van der Waals surface area contributed by atoms with Crippen LogP contribution in [0.4, 0.5) is 0 Å². The first kappa shape index (κ1) is 23.1. The van der Waals surface area contributed by atoms with Crippen molar-refractivity contribution in [2.45, 2.75) is 59.1 Å². The minimum Gasteiger partial charge on any atom is -0.491 e. The Labute approximate surface area is 175 Å². The molecule has 2 rings (SSSR count). The largest absolute Gasteiger partial charge is 0.491 e. The first-order chi connectivity index (χ1) is 13.8. The maximum absolute atomic E-state index is 11.1. The molecule has 158 valence electrons. The lowest BCUT2D eigenvalue weighted by atomic mass is 10.00. The molecule has 0 spiro atoms. The summed E-state index contributed by atoms with van der Waals surface area (Å²) in [5.41, 5.74) is 3.69. The zero-order valence-electron chi connectivity index (χ0n) is 18.2. The normalized spacial score (nSPS) is 13.3. The van der Waals surface area contributed by atoms with E-state index >= 15 is 0 Å².